The first-order valence-corrected chi connectivity index (χ1v) is 5.93. The molecule has 0 aromatic heterocycles. The van der Waals surface area contributed by atoms with E-state index < -0.39 is 0 Å². The fourth-order valence-corrected chi connectivity index (χ4v) is 1.69. The number of nitrogens with one attached hydrogen (secondary N) is 1. The lowest BCUT2D eigenvalue weighted by molar-refractivity contribution is 0.224. The fraction of sp³-hybridized carbons (Fsp3) is 1.00. The summed E-state index contributed by atoms with van der Waals surface area (Å²) in [6.07, 6.45) is 2.54. The molecule has 0 bridgehead atoms. The second kappa shape index (κ2) is 10.3. The smallest absolute Gasteiger partial charge is 0.0558 e. The van der Waals surface area contributed by atoms with Crippen molar-refractivity contribution in [2.75, 3.05) is 39.0 Å². The second-order valence-corrected chi connectivity index (χ2v) is 4.11. The Balaban J connectivity index is 2.97. The minimum absolute atomic E-state index is 0.249. The molecule has 0 aliphatic carbocycles. The second-order valence-electron chi connectivity index (χ2n) is 3.12. The van der Waals surface area contributed by atoms with Crippen LogP contribution >= 0.6 is 11.9 Å². The van der Waals surface area contributed by atoms with Gasteiger partial charge in [-0.3, -0.25) is 4.72 Å². The zero-order valence-corrected chi connectivity index (χ0v) is 9.57. The van der Waals surface area contributed by atoms with Crippen LogP contribution in [0, 0.1) is 0 Å². The molecule has 0 aromatic carbocycles. The van der Waals surface area contributed by atoms with Gasteiger partial charge in [-0.1, -0.05) is 25.3 Å². The van der Waals surface area contributed by atoms with Crippen LogP contribution < -0.4 is 4.72 Å². The zero-order valence-electron chi connectivity index (χ0n) is 8.75. The van der Waals surface area contributed by atoms with Crippen LogP contribution in [0.5, 0.6) is 0 Å². The van der Waals surface area contributed by atoms with Crippen LogP contribution in [0.15, 0.2) is 0 Å². The molecule has 13 heavy (non-hydrogen) atoms. The van der Waals surface area contributed by atoms with E-state index in [1.54, 1.807) is 11.9 Å². The minimum atomic E-state index is 0.249. The molecule has 0 radical (unpaired) electrons. The molecule has 0 rings (SSSR count). The normalized spacial score (nSPS) is 11.1. The van der Waals surface area contributed by atoms with Crippen molar-refractivity contribution in [3.8, 4) is 0 Å². The molecule has 0 spiro atoms. The fourth-order valence-electron chi connectivity index (χ4n) is 0.880. The summed E-state index contributed by atoms with van der Waals surface area (Å²) in [5.74, 6) is 1.19. The van der Waals surface area contributed by atoms with E-state index in [0.717, 1.165) is 19.6 Å². The Labute approximate surface area is 86.0 Å². The molecule has 0 aliphatic heterocycles. The van der Waals surface area contributed by atoms with E-state index in [0.29, 0.717) is 0 Å². The van der Waals surface area contributed by atoms with Gasteiger partial charge in [0, 0.05) is 25.4 Å². The van der Waals surface area contributed by atoms with Crippen LogP contribution in [0.4, 0.5) is 0 Å². The average Bonchev–Trinajstić information content (AvgIpc) is 2.11. The maximum absolute atomic E-state index is 8.64. The van der Waals surface area contributed by atoms with Crippen molar-refractivity contribution >= 4 is 11.9 Å². The van der Waals surface area contributed by atoms with Gasteiger partial charge in [0.05, 0.1) is 6.61 Å². The number of hydrogen-bond donors (Lipinski definition) is 2. The third-order valence-electron chi connectivity index (χ3n) is 1.78. The summed E-state index contributed by atoms with van der Waals surface area (Å²) in [5, 5.41) is 8.64. The van der Waals surface area contributed by atoms with E-state index in [9.17, 15) is 0 Å². The summed E-state index contributed by atoms with van der Waals surface area (Å²) in [6.45, 7) is 5.21. The number of aliphatic hydroxyl groups excluding tert-OH is 1. The zero-order chi connectivity index (χ0) is 9.94. The van der Waals surface area contributed by atoms with Gasteiger partial charge >= 0.3 is 0 Å². The first kappa shape index (κ1) is 13.2. The Hall–Kier alpha value is 0.230. The topological polar surface area (TPSA) is 35.5 Å². The SMILES string of the molecule is CCCCSNCCN(C)CCO. The highest BCUT2D eigenvalue weighted by atomic mass is 32.2. The Morgan fingerprint density at radius 2 is 2.15 bits per heavy atom. The first-order chi connectivity index (χ1) is 6.31. The third-order valence-corrected chi connectivity index (χ3v) is 2.68. The Morgan fingerprint density at radius 3 is 2.77 bits per heavy atom. The number of nitrogens with zero attached hydrogens (tertiary/aromatic N) is 1. The van der Waals surface area contributed by atoms with Crippen molar-refractivity contribution in [3.05, 3.63) is 0 Å². The van der Waals surface area contributed by atoms with Crippen LogP contribution in [0.3, 0.4) is 0 Å². The molecule has 0 saturated heterocycles. The van der Waals surface area contributed by atoms with Gasteiger partial charge in [0.2, 0.25) is 0 Å². The maximum atomic E-state index is 8.64. The van der Waals surface area contributed by atoms with Crippen molar-refractivity contribution in [1.29, 1.82) is 0 Å². The molecule has 80 valence electrons. The summed E-state index contributed by atoms with van der Waals surface area (Å²) in [7, 11) is 2.02. The summed E-state index contributed by atoms with van der Waals surface area (Å²) >= 11 is 1.80. The van der Waals surface area contributed by atoms with Gasteiger partial charge in [0.25, 0.3) is 0 Å². The van der Waals surface area contributed by atoms with E-state index in [1.807, 2.05) is 7.05 Å². The molecule has 3 nitrogen and oxygen atoms in total. The number of aliphatic hydroxyl groups is 1. The lowest BCUT2D eigenvalue weighted by Gasteiger charge is -2.14. The van der Waals surface area contributed by atoms with Gasteiger partial charge in [-0.15, -0.1) is 0 Å². The van der Waals surface area contributed by atoms with Crippen LogP contribution in [0.2, 0.25) is 0 Å². The van der Waals surface area contributed by atoms with Gasteiger partial charge in [-0.25, -0.2) is 0 Å². The highest BCUT2D eigenvalue weighted by Crippen LogP contribution is 1.98. The molecule has 4 heteroatoms. The summed E-state index contributed by atoms with van der Waals surface area (Å²) in [6, 6.07) is 0. The summed E-state index contributed by atoms with van der Waals surface area (Å²) < 4.78 is 3.30. The van der Waals surface area contributed by atoms with Crippen LogP contribution in [-0.4, -0.2) is 49.0 Å². The summed E-state index contributed by atoms with van der Waals surface area (Å²) in [5.41, 5.74) is 0. The molecular weight excluding hydrogens is 184 g/mol. The molecule has 0 fully saturated rings. The highest BCUT2D eigenvalue weighted by Gasteiger charge is 1.95. The Morgan fingerprint density at radius 1 is 1.38 bits per heavy atom. The third kappa shape index (κ3) is 10.1. The van der Waals surface area contributed by atoms with E-state index >= 15 is 0 Å². The van der Waals surface area contributed by atoms with Crippen LogP contribution in [0.1, 0.15) is 19.8 Å². The molecule has 0 amide bonds. The Kier molecular flexibility index (Phi) is 10.5. The predicted molar refractivity (Wildman–Crippen MR) is 60.0 cm³/mol. The van der Waals surface area contributed by atoms with Gasteiger partial charge in [-0.05, 0) is 13.5 Å². The minimum Gasteiger partial charge on any atom is -0.395 e. The lowest BCUT2D eigenvalue weighted by Crippen LogP contribution is -2.29. The van der Waals surface area contributed by atoms with E-state index in [2.05, 4.69) is 16.5 Å². The molecular formula is C9H22N2OS. The van der Waals surface area contributed by atoms with Gasteiger partial charge < -0.3 is 10.0 Å². The number of rotatable bonds is 9. The average molecular weight is 206 g/mol. The van der Waals surface area contributed by atoms with Gasteiger partial charge in [-0.2, -0.15) is 0 Å². The predicted octanol–water partition coefficient (Wildman–Crippen LogP) is 0.948. The number of unbranched alkanes of at least 4 members (excludes halogenated alkanes) is 1. The standard InChI is InChI=1S/C9H22N2OS/c1-3-4-9-13-10-5-6-11(2)7-8-12/h10,12H,3-9H2,1-2H3. The van der Waals surface area contributed by atoms with E-state index in [1.165, 1.54) is 18.6 Å². The number of likely N-dealkylation sites (N-methyl/N-ethyl adjacent to an activating group) is 1. The van der Waals surface area contributed by atoms with Gasteiger partial charge in [0.1, 0.15) is 0 Å². The first-order valence-electron chi connectivity index (χ1n) is 4.95. The van der Waals surface area contributed by atoms with Crippen molar-refractivity contribution in [2.45, 2.75) is 19.8 Å². The molecule has 0 aromatic rings. The van der Waals surface area contributed by atoms with Crippen LogP contribution in [0.25, 0.3) is 0 Å². The molecule has 0 unspecified atom stereocenters. The van der Waals surface area contributed by atoms with E-state index in [4.69, 9.17) is 5.11 Å². The summed E-state index contributed by atoms with van der Waals surface area (Å²) in [4.78, 5) is 2.12. The van der Waals surface area contributed by atoms with Crippen LogP contribution in [-0.2, 0) is 0 Å². The van der Waals surface area contributed by atoms with Crippen molar-refractivity contribution in [2.24, 2.45) is 0 Å². The number of hydrogen-bond acceptors (Lipinski definition) is 4. The maximum Gasteiger partial charge on any atom is 0.0558 e. The van der Waals surface area contributed by atoms with Gasteiger partial charge in [0.15, 0.2) is 0 Å². The monoisotopic (exact) mass is 206 g/mol. The molecule has 0 aliphatic rings. The van der Waals surface area contributed by atoms with Crippen molar-refractivity contribution in [1.82, 2.24) is 9.62 Å². The Bertz CT molecular complexity index is 104. The molecule has 0 heterocycles. The highest BCUT2D eigenvalue weighted by molar-refractivity contribution is 7.97. The molecule has 2 N–H and O–H groups in total. The van der Waals surface area contributed by atoms with Crippen molar-refractivity contribution < 1.29 is 5.11 Å². The molecule has 0 saturated carbocycles. The van der Waals surface area contributed by atoms with Crippen molar-refractivity contribution in [3.63, 3.8) is 0 Å². The largest absolute Gasteiger partial charge is 0.395 e. The molecule has 0 atom stereocenters. The van der Waals surface area contributed by atoms with E-state index in [-0.39, 0.29) is 6.61 Å². The lowest BCUT2D eigenvalue weighted by atomic mass is 10.4. The quantitative estimate of drug-likeness (QED) is 0.435.